The predicted molar refractivity (Wildman–Crippen MR) is 74.9 cm³/mol. The Morgan fingerprint density at radius 2 is 2.05 bits per heavy atom. The average molecular weight is 316 g/mol. The Bertz CT molecular complexity index is 514. The number of alkyl halides is 3. The second kappa shape index (κ2) is 7.11. The number of carbonyl (C=O) groups excluding carboxylic acids is 1. The summed E-state index contributed by atoms with van der Waals surface area (Å²) in [5, 5.41) is 2.99. The van der Waals surface area contributed by atoms with Crippen LogP contribution in [-0.2, 0) is 15.7 Å². The fourth-order valence-corrected chi connectivity index (χ4v) is 2.72. The van der Waals surface area contributed by atoms with Gasteiger partial charge in [0.25, 0.3) is 0 Å². The summed E-state index contributed by atoms with van der Waals surface area (Å²) in [6.45, 7) is 1.06. The Hall–Kier alpha value is -1.60. The van der Waals surface area contributed by atoms with Crippen LogP contribution in [0.25, 0.3) is 0 Å². The van der Waals surface area contributed by atoms with Crippen LogP contribution in [0.4, 0.5) is 13.2 Å². The van der Waals surface area contributed by atoms with Gasteiger partial charge in [0, 0.05) is 19.3 Å². The summed E-state index contributed by atoms with van der Waals surface area (Å²) in [5.74, 6) is -0.430. The summed E-state index contributed by atoms with van der Waals surface area (Å²) in [7, 11) is 0. The number of nitrogens with two attached hydrogens (primary N) is 1. The summed E-state index contributed by atoms with van der Waals surface area (Å²) in [4.78, 5) is 11.0. The van der Waals surface area contributed by atoms with Crippen LogP contribution >= 0.6 is 0 Å². The molecule has 22 heavy (non-hydrogen) atoms. The lowest BCUT2D eigenvalue weighted by molar-refractivity contribution is -0.137. The number of ether oxygens (including phenoxy) is 1. The number of hydrogen-bond donors (Lipinski definition) is 2. The maximum absolute atomic E-state index is 12.9. The van der Waals surface area contributed by atoms with Crippen molar-refractivity contribution in [2.45, 2.75) is 25.1 Å². The molecule has 1 aliphatic rings. The van der Waals surface area contributed by atoms with Gasteiger partial charge in [0.15, 0.2) is 0 Å². The number of rotatable bonds is 5. The topological polar surface area (TPSA) is 64.4 Å². The van der Waals surface area contributed by atoms with Crippen LogP contribution in [0.5, 0.6) is 0 Å². The molecule has 0 aliphatic carbocycles. The molecule has 1 fully saturated rings. The highest BCUT2D eigenvalue weighted by atomic mass is 19.4. The van der Waals surface area contributed by atoms with Crippen LogP contribution in [0.1, 0.15) is 30.0 Å². The number of hydrogen-bond acceptors (Lipinski definition) is 3. The Morgan fingerprint density at radius 1 is 1.36 bits per heavy atom. The van der Waals surface area contributed by atoms with Crippen LogP contribution < -0.4 is 11.1 Å². The van der Waals surface area contributed by atoms with Gasteiger partial charge in [0.05, 0.1) is 12.1 Å². The monoisotopic (exact) mass is 316 g/mol. The van der Waals surface area contributed by atoms with Crippen LogP contribution in [0, 0.1) is 5.92 Å². The minimum Gasteiger partial charge on any atom is -0.381 e. The van der Waals surface area contributed by atoms with E-state index < -0.39 is 17.6 Å². The Balaban J connectivity index is 2.25. The fourth-order valence-electron chi connectivity index (χ4n) is 2.72. The first-order chi connectivity index (χ1) is 10.4. The first-order valence-corrected chi connectivity index (χ1v) is 7.14. The average Bonchev–Trinajstić information content (AvgIpc) is 2.48. The van der Waals surface area contributed by atoms with Crippen LogP contribution in [-0.4, -0.2) is 25.7 Å². The van der Waals surface area contributed by atoms with Gasteiger partial charge in [-0.25, -0.2) is 0 Å². The largest absolute Gasteiger partial charge is 0.416 e. The van der Waals surface area contributed by atoms with Gasteiger partial charge in [-0.2, -0.15) is 13.2 Å². The second-order valence-electron chi connectivity index (χ2n) is 5.40. The zero-order valence-electron chi connectivity index (χ0n) is 12.0. The second-order valence-corrected chi connectivity index (χ2v) is 5.40. The van der Waals surface area contributed by atoms with E-state index in [4.69, 9.17) is 10.5 Å². The summed E-state index contributed by atoms with van der Waals surface area (Å²) < 4.78 is 43.9. The molecule has 3 N–H and O–H groups in total. The van der Waals surface area contributed by atoms with Crippen molar-refractivity contribution < 1.29 is 22.7 Å². The van der Waals surface area contributed by atoms with Crippen molar-refractivity contribution in [1.82, 2.24) is 5.32 Å². The highest BCUT2D eigenvalue weighted by molar-refractivity contribution is 5.75. The maximum atomic E-state index is 12.9. The summed E-state index contributed by atoms with van der Waals surface area (Å²) in [6, 6.07) is 4.85. The number of nitrogens with one attached hydrogen (secondary N) is 1. The van der Waals surface area contributed by atoms with Crippen molar-refractivity contribution in [1.29, 1.82) is 0 Å². The SMILES string of the molecule is NC(=O)CNC(c1cccc(C(F)(F)F)c1)C1CCOCC1. The highest BCUT2D eigenvalue weighted by Crippen LogP contribution is 2.34. The third kappa shape index (κ3) is 4.45. The van der Waals surface area contributed by atoms with E-state index in [0.29, 0.717) is 18.8 Å². The molecule has 1 aromatic rings. The lowest BCUT2D eigenvalue weighted by atomic mass is 9.86. The molecule has 122 valence electrons. The van der Waals surface area contributed by atoms with Crippen molar-refractivity contribution in [3.05, 3.63) is 35.4 Å². The minimum absolute atomic E-state index is 0.0712. The minimum atomic E-state index is -4.39. The molecule has 2 rings (SSSR count). The van der Waals surface area contributed by atoms with Crippen LogP contribution in [0.15, 0.2) is 24.3 Å². The highest BCUT2D eigenvalue weighted by Gasteiger charge is 2.32. The van der Waals surface area contributed by atoms with Gasteiger partial charge < -0.3 is 15.8 Å². The molecule has 1 amide bonds. The smallest absolute Gasteiger partial charge is 0.381 e. The van der Waals surface area contributed by atoms with Crippen LogP contribution in [0.3, 0.4) is 0 Å². The normalized spacial score (nSPS) is 18.1. The number of benzene rings is 1. The molecule has 0 radical (unpaired) electrons. The van der Waals surface area contributed by atoms with E-state index in [9.17, 15) is 18.0 Å². The molecule has 0 saturated carbocycles. The molecule has 0 spiro atoms. The molecule has 1 unspecified atom stereocenters. The van der Waals surface area contributed by atoms with Crippen molar-refractivity contribution in [3.8, 4) is 0 Å². The van der Waals surface area contributed by atoms with Crippen molar-refractivity contribution >= 4 is 5.91 Å². The third-order valence-corrected chi connectivity index (χ3v) is 3.81. The lowest BCUT2D eigenvalue weighted by Crippen LogP contribution is -2.37. The first kappa shape index (κ1) is 16.8. The lowest BCUT2D eigenvalue weighted by Gasteiger charge is -2.31. The van der Waals surface area contributed by atoms with E-state index in [1.807, 2.05) is 0 Å². The number of halogens is 3. The van der Waals surface area contributed by atoms with E-state index >= 15 is 0 Å². The molecule has 1 saturated heterocycles. The van der Waals surface area contributed by atoms with E-state index in [1.54, 1.807) is 6.07 Å². The first-order valence-electron chi connectivity index (χ1n) is 7.14. The number of primary amides is 1. The van der Waals surface area contributed by atoms with Crippen molar-refractivity contribution in [2.75, 3.05) is 19.8 Å². The quantitative estimate of drug-likeness (QED) is 0.876. The molecule has 0 aromatic heterocycles. The van der Waals surface area contributed by atoms with Gasteiger partial charge in [-0.05, 0) is 36.5 Å². The standard InChI is InChI=1S/C15H19F3N2O2/c16-15(17,18)12-3-1-2-11(8-12)14(20-9-13(19)21)10-4-6-22-7-5-10/h1-3,8,10,14,20H,4-7,9H2,(H2,19,21). The van der Waals surface area contributed by atoms with Gasteiger partial charge in [0.1, 0.15) is 0 Å². The molecular weight excluding hydrogens is 297 g/mol. The van der Waals surface area contributed by atoms with Crippen molar-refractivity contribution in [2.24, 2.45) is 11.7 Å². The van der Waals surface area contributed by atoms with Crippen LogP contribution in [0.2, 0.25) is 0 Å². The molecule has 7 heteroatoms. The zero-order chi connectivity index (χ0) is 16.2. The molecule has 1 atom stereocenters. The summed E-state index contributed by atoms with van der Waals surface area (Å²) in [5.41, 5.74) is 4.97. The van der Waals surface area contributed by atoms with Gasteiger partial charge >= 0.3 is 6.18 Å². The molecule has 1 aliphatic heterocycles. The molecular formula is C15H19F3N2O2. The Morgan fingerprint density at radius 3 is 2.64 bits per heavy atom. The van der Waals surface area contributed by atoms with Gasteiger partial charge in [-0.3, -0.25) is 4.79 Å². The van der Waals surface area contributed by atoms with Gasteiger partial charge in [-0.15, -0.1) is 0 Å². The molecule has 4 nitrogen and oxygen atoms in total. The van der Waals surface area contributed by atoms with E-state index in [-0.39, 0.29) is 18.5 Å². The van der Waals surface area contributed by atoms with E-state index in [2.05, 4.69) is 5.32 Å². The Kier molecular flexibility index (Phi) is 5.42. The maximum Gasteiger partial charge on any atom is 0.416 e. The molecule has 0 bridgehead atoms. The third-order valence-electron chi connectivity index (χ3n) is 3.81. The number of amides is 1. The predicted octanol–water partition coefficient (Wildman–Crippen LogP) is 2.25. The summed E-state index contributed by atoms with van der Waals surface area (Å²) in [6.07, 6.45) is -2.93. The fraction of sp³-hybridized carbons (Fsp3) is 0.533. The van der Waals surface area contributed by atoms with E-state index in [1.165, 1.54) is 6.07 Å². The van der Waals surface area contributed by atoms with E-state index in [0.717, 1.165) is 25.0 Å². The Labute approximate surface area is 126 Å². The molecule has 1 heterocycles. The summed E-state index contributed by atoms with van der Waals surface area (Å²) >= 11 is 0. The van der Waals surface area contributed by atoms with Gasteiger partial charge in [0.2, 0.25) is 5.91 Å². The van der Waals surface area contributed by atoms with Crippen molar-refractivity contribution in [3.63, 3.8) is 0 Å². The molecule has 1 aromatic carbocycles. The van der Waals surface area contributed by atoms with Gasteiger partial charge in [-0.1, -0.05) is 12.1 Å². The zero-order valence-corrected chi connectivity index (χ0v) is 12.0. The number of carbonyl (C=O) groups is 1.